The molecule has 0 atom stereocenters. The SMILES string of the molecule is COc1ccc2cccc(NCc3c4oc5c(CNc6cccc7ccc(C)nc67)c(O)c(Cl)cc5c(-c5ccccc5C(=O)O)c-4ccc3=O)c2n1. The molecule has 0 amide bonds. The summed E-state index contributed by atoms with van der Waals surface area (Å²) < 4.78 is 12.1. The summed E-state index contributed by atoms with van der Waals surface area (Å²) in [4.78, 5) is 35.7. The number of ether oxygens (including phenoxy) is 1. The van der Waals surface area contributed by atoms with Crippen molar-refractivity contribution in [3.63, 3.8) is 0 Å². The van der Waals surface area contributed by atoms with E-state index in [0.29, 0.717) is 50.3 Å². The van der Waals surface area contributed by atoms with Gasteiger partial charge in [-0.3, -0.25) is 9.78 Å². The summed E-state index contributed by atoms with van der Waals surface area (Å²) in [5, 5.41) is 30.9. The highest BCUT2D eigenvalue weighted by molar-refractivity contribution is 6.33. The monoisotopic (exact) mass is 722 g/mol. The molecule has 1 aliphatic carbocycles. The third kappa shape index (κ3) is 5.98. The van der Waals surface area contributed by atoms with Crippen LogP contribution in [0.15, 0.2) is 112 Å². The minimum Gasteiger partial charge on any atom is -0.506 e. The summed E-state index contributed by atoms with van der Waals surface area (Å²) in [6.45, 7) is 2.01. The first-order valence-corrected chi connectivity index (χ1v) is 17.1. The van der Waals surface area contributed by atoms with Gasteiger partial charge in [0, 0.05) is 52.1 Å². The van der Waals surface area contributed by atoms with E-state index >= 15 is 0 Å². The number of phenols is 1. The molecule has 2 aromatic heterocycles. The van der Waals surface area contributed by atoms with Gasteiger partial charge in [-0.05, 0) is 61.0 Å². The second-order valence-corrected chi connectivity index (χ2v) is 13.0. The Balaban J connectivity index is 1.34. The number of hydrogen-bond acceptors (Lipinski definition) is 9. The zero-order chi connectivity index (χ0) is 36.8. The van der Waals surface area contributed by atoms with Gasteiger partial charge in [0.2, 0.25) is 5.88 Å². The van der Waals surface area contributed by atoms with Crippen LogP contribution in [0.3, 0.4) is 0 Å². The number of carboxylic acid groups (broad SMARTS) is 1. The van der Waals surface area contributed by atoms with Crippen LogP contribution in [0.2, 0.25) is 5.02 Å². The van der Waals surface area contributed by atoms with Crippen LogP contribution in [-0.2, 0) is 13.1 Å². The highest BCUT2D eigenvalue weighted by atomic mass is 35.5. The summed E-state index contributed by atoms with van der Waals surface area (Å²) in [6.07, 6.45) is 0. The van der Waals surface area contributed by atoms with Crippen LogP contribution in [0, 0.1) is 6.92 Å². The molecule has 262 valence electrons. The van der Waals surface area contributed by atoms with Crippen molar-refractivity contribution in [1.29, 1.82) is 0 Å². The number of fused-ring (bicyclic) bond motifs is 4. The van der Waals surface area contributed by atoms with Gasteiger partial charge in [0.05, 0.1) is 51.2 Å². The maximum absolute atomic E-state index is 13.7. The second-order valence-electron chi connectivity index (χ2n) is 12.6. The van der Waals surface area contributed by atoms with Crippen molar-refractivity contribution >= 4 is 61.7 Å². The van der Waals surface area contributed by atoms with Gasteiger partial charge in [-0.25, -0.2) is 9.78 Å². The van der Waals surface area contributed by atoms with Crippen LogP contribution >= 0.6 is 11.6 Å². The maximum Gasteiger partial charge on any atom is 0.336 e. The summed E-state index contributed by atoms with van der Waals surface area (Å²) in [7, 11) is 1.55. The van der Waals surface area contributed by atoms with Gasteiger partial charge in [0.25, 0.3) is 0 Å². The smallest absolute Gasteiger partial charge is 0.336 e. The lowest BCUT2D eigenvalue weighted by atomic mass is 9.88. The summed E-state index contributed by atoms with van der Waals surface area (Å²) in [5.41, 5.74) is 5.61. The van der Waals surface area contributed by atoms with E-state index in [1.54, 1.807) is 43.5 Å². The lowest BCUT2D eigenvalue weighted by Gasteiger charge is -2.21. The number of aromatic carboxylic acids is 1. The van der Waals surface area contributed by atoms with E-state index < -0.39 is 5.97 Å². The van der Waals surface area contributed by atoms with Gasteiger partial charge in [-0.15, -0.1) is 0 Å². The van der Waals surface area contributed by atoms with Crippen molar-refractivity contribution in [2.24, 2.45) is 0 Å². The molecule has 2 aliphatic rings. The number of pyridine rings is 2. The lowest BCUT2D eigenvalue weighted by molar-refractivity contribution is 0.0697. The molecule has 10 nitrogen and oxygen atoms in total. The van der Waals surface area contributed by atoms with Gasteiger partial charge >= 0.3 is 5.97 Å². The fourth-order valence-electron chi connectivity index (χ4n) is 6.80. The van der Waals surface area contributed by atoms with E-state index in [0.717, 1.165) is 27.7 Å². The van der Waals surface area contributed by atoms with Crippen LogP contribution in [0.5, 0.6) is 11.6 Å². The van der Waals surface area contributed by atoms with E-state index in [1.165, 1.54) is 12.1 Å². The Labute approximate surface area is 307 Å². The molecule has 11 heteroatoms. The van der Waals surface area contributed by atoms with Gasteiger partial charge < -0.3 is 30.0 Å². The number of carboxylic acids is 1. The molecule has 4 aromatic carbocycles. The van der Waals surface area contributed by atoms with E-state index in [1.807, 2.05) is 61.5 Å². The fourth-order valence-corrected chi connectivity index (χ4v) is 7.02. The average molecular weight is 723 g/mol. The molecule has 0 spiro atoms. The molecule has 53 heavy (non-hydrogen) atoms. The number of rotatable bonds is 9. The van der Waals surface area contributed by atoms with Gasteiger partial charge in [-0.1, -0.05) is 60.1 Å². The fraction of sp³-hybridized carbons (Fsp3) is 0.0952. The summed E-state index contributed by atoms with van der Waals surface area (Å²) in [6, 6.07) is 30.3. The Morgan fingerprint density at radius 3 is 2.21 bits per heavy atom. The Morgan fingerprint density at radius 2 is 1.49 bits per heavy atom. The van der Waals surface area contributed by atoms with Gasteiger partial charge in [0.15, 0.2) is 5.43 Å². The molecule has 4 N–H and O–H groups in total. The Morgan fingerprint density at radius 1 is 0.811 bits per heavy atom. The highest BCUT2D eigenvalue weighted by Crippen LogP contribution is 2.47. The lowest BCUT2D eigenvalue weighted by Crippen LogP contribution is -2.15. The number of nitrogens with one attached hydrogen (secondary N) is 2. The van der Waals surface area contributed by atoms with Crippen LogP contribution in [-0.4, -0.2) is 33.3 Å². The highest BCUT2D eigenvalue weighted by Gasteiger charge is 2.27. The zero-order valence-corrected chi connectivity index (χ0v) is 29.3. The number of para-hydroxylation sites is 2. The number of aryl methyl sites for hydroxylation is 1. The van der Waals surface area contributed by atoms with Crippen LogP contribution < -0.4 is 20.8 Å². The van der Waals surface area contributed by atoms with Crippen molar-refractivity contribution in [2.75, 3.05) is 17.7 Å². The zero-order valence-electron chi connectivity index (χ0n) is 28.5. The number of phenolic OH excluding ortho intramolecular Hbond substituents is 1. The van der Waals surface area contributed by atoms with Crippen LogP contribution in [0.4, 0.5) is 11.4 Å². The van der Waals surface area contributed by atoms with Crippen LogP contribution in [0.25, 0.3) is 55.2 Å². The number of benzene rings is 5. The van der Waals surface area contributed by atoms with E-state index in [-0.39, 0.29) is 46.2 Å². The molecule has 0 radical (unpaired) electrons. The number of hydrogen-bond donors (Lipinski definition) is 4. The standard InChI is InChI=1S/C42H31ClN4O6/c1-22-13-14-23-7-5-11-32(37(23)46-22)45-21-30-39(49)31(43)19-28-36(25-9-3-4-10-26(25)42(50)51)27-16-17-34(48)29(40(27)53-41(28)30)20-44-33-12-6-8-24-15-18-35(52-2)47-38(24)33/h3-19,44-45,49H,20-21H2,1-2H3,(H,50,51). The number of methoxy groups -OCH3 is 1. The average Bonchev–Trinajstić information content (AvgIpc) is 3.17. The minimum absolute atomic E-state index is 0.0391. The first-order chi connectivity index (χ1) is 25.7. The van der Waals surface area contributed by atoms with E-state index in [4.69, 9.17) is 25.7 Å². The third-order valence-electron chi connectivity index (χ3n) is 9.36. The molecule has 0 saturated carbocycles. The molecule has 0 unspecified atom stereocenters. The van der Waals surface area contributed by atoms with E-state index in [9.17, 15) is 19.8 Å². The predicted octanol–water partition coefficient (Wildman–Crippen LogP) is 9.26. The summed E-state index contributed by atoms with van der Waals surface area (Å²) >= 11 is 6.72. The van der Waals surface area contributed by atoms with Gasteiger partial charge in [0.1, 0.15) is 17.1 Å². The normalized spacial score (nSPS) is 11.4. The molecule has 8 rings (SSSR count). The molecule has 3 heterocycles. The Bertz CT molecular complexity index is 2780. The Hall–Kier alpha value is -6.65. The van der Waals surface area contributed by atoms with Crippen molar-refractivity contribution < 1.29 is 24.2 Å². The third-order valence-corrected chi connectivity index (χ3v) is 9.65. The molecule has 0 bridgehead atoms. The number of aromatic nitrogens is 2. The number of carbonyl (C=O) groups is 1. The van der Waals surface area contributed by atoms with Crippen molar-refractivity contribution in [1.82, 2.24) is 9.97 Å². The van der Waals surface area contributed by atoms with Crippen LogP contribution in [0.1, 0.15) is 27.2 Å². The van der Waals surface area contributed by atoms with Crippen molar-refractivity contribution in [3.05, 3.63) is 141 Å². The number of nitrogens with zero attached hydrogens (tertiary/aromatic N) is 2. The molecule has 0 saturated heterocycles. The van der Waals surface area contributed by atoms with E-state index in [2.05, 4.69) is 15.6 Å². The Kier molecular flexibility index (Phi) is 8.52. The second kappa shape index (κ2) is 13.5. The molecule has 1 aliphatic heterocycles. The molecule has 0 fully saturated rings. The number of halogens is 1. The molecule has 6 aromatic rings. The quantitative estimate of drug-likeness (QED) is 0.106. The predicted molar refractivity (Wildman–Crippen MR) is 208 cm³/mol. The summed E-state index contributed by atoms with van der Waals surface area (Å²) in [5.74, 6) is -0.678. The van der Waals surface area contributed by atoms with Crippen molar-refractivity contribution in [2.45, 2.75) is 20.0 Å². The number of anilines is 2. The minimum atomic E-state index is -1.13. The number of aromatic hydroxyl groups is 1. The molecular weight excluding hydrogens is 692 g/mol. The topological polar surface area (TPSA) is 147 Å². The van der Waals surface area contributed by atoms with Gasteiger partial charge in [-0.2, -0.15) is 0 Å². The largest absolute Gasteiger partial charge is 0.506 e. The van der Waals surface area contributed by atoms with Crippen molar-refractivity contribution in [3.8, 4) is 34.1 Å². The first-order valence-electron chi connectivity index (χ1n) is 16.7. The first kappa shape index (κ1) is 33.5. The maximum atomic E-state index is 13.7. The molecular formula is C42H31ClN4O6.